The van der Waals surface area contributed by atoms with E-state index in [2.05, 4.69) is 18.3 Å². The molecule has 3 aliphatic rings. The van der Waals surface area contributed by atoms with Gasteiger partial charge in [0.05, 0.1) is 18.2 Å². The normalized spacial score (nSPS) is 24.1. The number of nitrogens with one attached hydrogen (secondary N) is 1. The number of carbonyl (C=O) groups is 2. The summed E-state index contributed by atoms with van der Waals surface area (Å²) in [6.45, 7) is 4.99. The molecule has 6 rings (SSSR count). The lowest BCUT2D eigenvalue weighted by Gasteiger charge is -2.46. The summed E-state index contributed by atoms with van der Waals surface area (Å²) in [7, 11) is 1.61. The fourth-order valence-corrected chi connectivity index (χ4v) is 7.68. The fraction of sp³-hybridized carbons (Fsp3) is 0.450. The predicted molar refractivity (Wildman–Crippen MR) is 187 cm³/mol. The van der Waals surface area contributed by atoms with Gasteiger partial charge in [0, 0.05) is 42.5 Å². The highest BCUT2D eigenvalue weighted by molar-refractivity contribution is 6.10. The van der Waals surface area contributed by atoms with Crippen molar-refractivity contribution in [2.24, 2.45) is 5.41 Å². The topological polar surface area (TPSA) is 99.1 Å². The van der Waals surface area contributed by atoms with Gasteiger partial charge in [0.1, 0.15) is 0 Å². The standard InChI is InChI=1S/C40H48F2N2O5/c1-27-9-7-19-39(2)34(18-20-40(39,48)26-44(21-8-22-49-3)38(47)43-30-10-5-4-6-11-30)32-16-13-28(23-31(45)15-12-27)24-33(32)37(46)29-14-17-35(41)36(42)25-29/h4-6,9-11,13-14,16-17,24-25,31,34,45,48H,7-8,12,15,18-23,26H2,1-3H3,(H,43,47). The first-order valence-electron chi connectivity index (χ1n) is 17.2. The molecule has 3 aromatic rings. The number of fused-ring (bicyclic) bond motifs is 8. The summed E-state index contributed by atoms with van der Waals surface area (Å²) < 4.78 is 33.5. The molecule has 4 unspecified atom stereocenters. The van der Waals surface area contributed by atoms with Crippen molar-refractivity contribution < 1.29 is 33.3 Å². The number of carbonyl (C=O) groups excluding carboxylic acids is 2. The Balaban J connectivity index is 1.57. The van der Waals surface area contributed by atoms with E-state index in [4.69, 9.17) is 4.74 Å². The van der Waals surface area contributed by atoms with Crippen LogP contribution in [0.25, 0.3) is 0 Å². The Morgan fingerprint density at radius 3 is 2.53 bits per heavy atom. The number of aliphatic hydroxyl groups is 2. The van der Waals surface area contributed by atoms with Gasteiger partial charge in [0.2, 0.25) is 0 Å². The monoisotopic (exact) mass is 674 g/mol. The number of anilines is 1. The van der Waals surface area contributed by atoms with E-state index in [0.29, 0.717) is 81.3 Å². The van der Waals surface area contributed by atoms with Gasteiger partial charge in [-0.15, -0.1) is 0 Å². The number of nitrogens with zero attached hydrogens (tertiary/aromatic N) is 1. The molecule has 0 aromatic heterocycles. The number of allylic oxidation sites excluding steroid dienone is 2. The van der Waals surface area contributed by atoms with Crippen molar-refractivity contribution in [3.05, 3.63) is 112 Å². The van der Waals surface area contributed by atoms with Gasteiger partial charge in [-0.25, -0.2) is 13.6 Å². The van der Waals surface area contributed by atoms with E-state index < -0.39 is 34.5 Å². The maximum atomic E-state index is 14.3. The maximum Gasteiger partial charge on any atom is 0.321 e. The average molecular weight is 675 g/mol. The van der Waals surface area contributed by atoms with Gasteiger partial charge in [-0.3, -0.25) is 4.79 Å². The molecule has 0 radical (unpaired) electrons. The van der Waals surface area contributed by atoms with E-state index in [1.165, 1.54) is 6.07 Å². The Kier molecular flexibility index (Phi) is 11.7. The van der Waals surface area contributed by atoms with Crippen LogP contribution in [0.1, 0.15) is 91.8 Å². The summed E-state index contributed by atoms with van der Waals surface area (Å²) in [5.74, 6) is -2.89. The van der Waals surface area contributed by atoms with Crippen molar-refractivity contribution in [3.63, 3.8) is 0 Å². The van der Waals surface area contributed by atoms with Crippen LogP contribution in [0.2, 0.25) is 0 Å². The number of benzene rings is 3. The number of aliphatic hydroxyl groups excluding tert-OH is 1. The molecule has 262 valence electrons. The molecule has 0 heterocycles. The largest absolute Gasteiger partial charge is 0.393 e. The van der Waals surface area contributed by atoms with Crippen molar-refractivity contribution >= 4 is 17.5 Å². The first kappa shape index (κ1) is 36.4. The Morgan fingerprint density at radius 1 is 1.02 bits per heavy atom. The number of ether oxygens (including phenoxy) is 1. The van der Waals surface area contributed by atoms with Crippen LogP contribution >= 0.6 is 0 Å². The Morgan fingerprint density at radius 2 is 1.80 bits per heavy atom. The molecule has 1 fully saturated rings. The zero-order chi connectivity index (χ0) is 35.2. The summed E-state index contributed by atoms with van der Waals surface area (Å²) in [5, 5.41) is 26.6. The number of urea groups is 1. The van der Waals surface area contributed by atoms with E-state index in [1.807, 2.05) is 49.4 Å². The minimum Gasteiger partial charge on any atom is -0.393 e. The van der Waals surface area contributed by atoms with Gasteiger partial charge in [0.15, 0.2) is 17.4 Å². The number of methoxy groups -OCH3 is 1. The summed E-state index contributed by atoms with van der Waals surface area (Å²) in [4.78, 5) is 29.5. The maximum absolute atomic E-state index is 14.3. The molecule has 3 aromatic carbocycles. The highest BCUT2D eigenvalue weighted by Crippen LogP contribution is 2.59. The fourth-order valence-electron chi connectivity index (χ4n) is 7.68. The van der Waals surface area contributed by atoms with Crippen molar-refractivity contribution in [3.8, 4) is 0 Å². The number of para-hydroxylation sites is 1. The number of hydrogen-bond acceptors (Lipinski definition) is 5. The minimum absolute atomic E-state index is 0.0226. The number of hydrogen-bond donors (Lipinski definition) is 3. The molecule has 7 nitrogen and oxygen atoms in total. The first-order chi connectivity index (χ1) is 23.4. The summed E-state index contributed by atoms with van der Waals surface area (Å²) >= 11 is 0. The third-order valence-electron chi connectivity index (χ3n) is 10.6. The van der Waals surface area contributed by atoms with Crippen molar-refractivity contribution in [1.29, 1.82) is 0 Å². The van der Waals surface area contributed by atoms with Gasteiger partial charge in [-0.05, 0) is 112 Å². The number of rotatable bonds is 9. The predicted octanol–water partition coefficient (Wildman–Crippen LogP) is 7.80. The summed E-state index contributed by atoms with van der Waals surface area (Å²) in [5.41, 5.74) is 1.54. The lowest BCUT2D eigenvalue weighted by atomic mass is 9.64. The van der Waals surface area contributed by atoms with Crippen LogP contribution in [-0.4, -0.2) is 65.4 Å². The van der Waals surface area contributed by atoms with E-state index >= 15 is 0 Å². The van der Waals surface area contributed by atoms with E-state index in [1.54, 1.807) is 18.1 Å². The van der Waals surface area contributed by atoms with Gasteiger partial charge in [-0.2, -0.15) is 0 Å². The van der Waals surface area contributed by atoms with Gasteiger partial charge < -0.3 is 25.2 Å². The Hall–Kier alpha value is -3.92. The highest BCUT2D eigenvalue weighted by atomic mass is 19.2. The minimum atomic E-state index is -1.32. The second kappa shape index (κ2) is 15.7. The molecule has 3 N–H and O–H groups in total. The third kappa shape index (κ3) is 8.28. The Bertz CT molecular complexity index is 1660. The van der Waals surface area contributed by atoms with Crippen LogP contribution < -0.4 is 5.32 Å². The van der Waals surface area contributed by atoms with Gasteiger partial charge >= 0.3 is 6.03 Å². The smallest absolute Gasteiger partial charge is 0.321 e. The Labute approximate surface area is 288 Å². The summed E-state index contributed by atoms with van der Waals surface area (Å²) in [6.07, 6.45) is 5.87. The van der Waals surface area contributed by atoms with Crippen LogP contribution in [0.5, 0.6) is 0 Å². The zero-order valence-electron chi connectivity index (χ0n) is 28.7. The zero-order valence-corrected chi connectivity index (χ0v) is 28.7. The molecule has 0 saturated heterocycles. The van der Waals surface area contributed by atoms with Crippen LogP contribution in [0, 0.1) is 17.0 Å². The third-order valence-corrected chi connectivity index (χ3v) is 10.6. The second-order valence-corrected chi connectivity index (χ2v) is 14.0. The van der Waals surface area contributed by atoms with Crippen molar-refractivity contribution in [1.82, 2.24) is 4.90 Å². The van der Waals surface area contributed by atoms with Crippen molar-refractivity contribution in [2.75, 3.05) is 32.1 Å². The van der Waals surface area contributed by atoms with E-state index in [0.717, 1.165) is 23.3 Å². The van der Waals surface area contributed by atoms with Gasteiger partial charge in [0.25, 0.3) is 0 Å². The molecule has 0 spiro atoms. The molecular weight excluding hydrogens is 626 g/mol. The molecule has 9 heteroatoms. The van der Waals surface area contributed by atoms with Crippen molar-refractivity contribution in [2.45, 2.75) is 82.8 Å². The molecule has 3 aliphatic carbocycles. The average Bonchev–Trinajstić information content (AvgIpc) is 3.33. The molecule has 0 aliphatic heterocycles. The molecular formula is C40H48F2N2O5. The number of halogens is 2. The first-order valence-corrected chi connectivity index (χ1v) is 17.2. The van der Waals surface area contributed by atoms with Crippen LogP contribution in [0.4, 0.5) is 19.3 Å². The lowest BCUT2D eigenvalue weighted by molar-refractivity contribution is -0.0767. The molecule has 2 amide bonds. The van der Waals surface area contributed by atoms with Crippen LogP contribution in [0.3, 0.4) is 0 Å². The van der Waals surface area contributed by atoms with Crippen LogP contribution in [-0.2, 0) is 11.2 Å². The number of ketones is 1. The van der Waals surface area contributed by atoms with Gasteiger partial charge in [-0.1, -0.05) is 48.9 Å². The summed E-state index contributed by atoms with van der Waals surface area (Å²) in [6, 6.07) is 17.6. The highest BCUT2D eigenvalue weighted by Gasteiger charge is 2.57. The molecule has 4 atom stereocenters. The quantitative estimate of drug-likeness (QED) is 0.122. The lowest BCUT2D eigenvalue weighted by Crippen LogP contribution is -2.54. The molecule has 2 bridgehead atoms. The SMILES string of the molecule is COCCCN(CC1(O)CCC2c3ccc(cc3C(=O)c3ccc(F)c(F)c3)CC(O)CCC(C)=CCCC21C)C(=O)Nc1ccccc1. The van der Waals surface area contributed by atoms with E-state index in [-0.39, 0.29) is 24.1 Å². The molecule has 1 saturated carbocycles. The number of amides is 2. The second-order valence-electron chi connectivity index (χ2n) is 14.0. The van der Waals surface area contributed by atoms with E-state index in [9.17, 15) is 28.6 Å². The van der Waals surface area contributed by atoms with Crippen LogP contribution in [0.15, 0.2) is 78.4 Å². The molecule has 49 heavy (non-hydrogen) atoms.